The van der Waals surface area contributed by atoms with Gasteiger partial charge in [-0.2, -0.15) is 9.97 Å². The highest BCUT2D eigenvalue weighted by molar-refractivity contribution is 6.28. The molecule has 0 spiro atoms. The molecule has 67 heavy (non-hydrogen) atoms. The molecule has 0 atom stereocenters. The van der Waals surface area contributed by atoms with Gasteiger partial charge >= 0.3 is 0 Å². The Kier molecular flexibility index (Phi) is 13.5. The van der Waals surface area contributed by atoms with Gasteiger partial charge in [-0.15, -0.1) is 0 Å². The summed E-state index contributed by atoms with van der Waals surface area (Å²) in [7, 11) is 0. The standard InChI is InChI=1S/C29H25N3O.C19H18ClN3.C10H8O/c1-17-9-12-22(19(3)15-17)27-30-28(23-13-10-18(2)16-20(23)4)32-29(31-27)26-24-8-6-5-7-21(24)11-14-25(26)33;1-11-5-8-16(14(4)9-11)18-21-17(22-19(20)23-18)15-7-6-12(2)13(3)10-15;11-10-6-5-8-3-1-2-4-9(8)7-10/h5-16,33H,1-4H3;5-10H,1-4H3;1-7,11H. The molecule has 0 saturated heterocycles. The van der Waals surface area contributed by atoms with Gasteiger partial charge in [0.2, 0.25) is 5.28 Å². The van der Waals surface area contributed by atoms with E-state index in [0.717, 1.165) is 60.5 Å². The molecule has 8 nitrogen and oxygen atoms in total. The van der Waals surface area contributed by atoms with Crippen LogP contribution in [-0.2, 0) is 0 Å². The van der Waals surface area contributed by atoms with Gasteiger partial charge in [0.1, 0.15) is 11.5 Å². The second-order valence-electron chi connectivity index (χ2n) is 17.0. The number of aromatic hydroxyl groups is 2. The van der Waals surface area contributed by atoms with Crippen molar-refractivity contribution in [2.45, 2.75) is 55.4 Å². The van der Waals surface area contributed by atoms with E-state index < -0.39 is 0 Å². The number of hydrogen-bond donors (Lipinski definition) is 2. The van der Waals surface area contributed by atoms with Gasteiger partial charge in [-0.1, -0.05) is 144 Å². The highest BCUT2D eigenvalue weighted by atomic mass is 35.5. The number of benzene rings is 8. The van der Waals surface area contributed by atoms with Gasteiger partial charge in [0, 0.05) is 22.3 Å². The fourth-order valence-corrected chi connectivity index (χ4v) is 8.23. The van der Waals surface area contributed by atoms with E-state index in [1.807, 2.05) is 72.8 Å². The number of aromatic nitrogens is 6. The van der Waals surface area contributed by atoms with Crippen LogP contribution < -0.4 is 0 Å². The minimum atomic E-state index is 0.151. The van der Waals surface area contributed by atoms with Crippen LogP contribution in [0.4, 0.5) is 0 Å². The number of halogens is 1. The predicted molar refractivity (Wildman–Crippen MR) is 275 cm³/mol. The van der Waals surface area contributed by atoms with E-state index in [9.17, 15) is 5.11 Å². The van der Waals surface area contributed by atoms with Crippen LogP contribution in [0, 0.1) is 55.4 Å². The van der Waals surface area contributed by atoms with E-state index in [1.54, 1.807) is 18.2 Å². The molecule has 0 radical (unpaired) electrons. The van der Waals surface area contributed by atoms with Gasteiger partial charge in [-0.3, -0.25) is 0 Å². The molecular formula is C58H51ClN6O2. The van der Waals surface area contributed by atoms with Crippen molar-refractivity contribution in [2.24, 2.45) is 0 Å². The molecule has 0 bridgehead atoms. The summed E-state index contributed by atoms with van der Waals surface area (Å²) < 4.78 is 0. The van der Waals surface area contributed by atoms with Crippen molar-refractivity contribution in [2.75, 3.05) is 0 Å². The maximum atomic E-state index is 10.9. The van der Waals surface area contributed by atoms with Crippen LogP contribution in [0.15, 0.2) is 152 Å². The Bertz CT molecular complexity index is 3390. The summed E-state index contributed by atoms with van der Waals surface area (Å²) in [6, 6.07) is 49.7. The summed E-state index contributed by atoms with van der Waals surface area (Å²) in [6.07, 6.45) is 0. The van der Waals surface area contributed by atoms with Crippen LogP contribution in [0.25, 0.3) is 78.5 Å². The van der Waals surface area contributed by atoms with Gasteiger partial charge in [-0.25, -0.2) is 19.9 Å². The lowest BCUT2D eigenvalue weighted by Crippen LogP contribution is -2.02. The fraction of sp³-hybridized carbons (Fsp3) is 0.138. The van der Waals surface area contributed by atoms with Crippen LogP contribution in [0.1, 0.15) is 44.5 Å². The Labute approximate surface area is 396 Å². The van der Waals surface area contributed by atoms with Gasteiger partial charge in [-0.05, 0) is 141 Å². The molecule has 0 saturated carbocycles. The fourth-order valence-electron chi connectivity index (χ4n) is 8.07. The molecule has 0 aliphatic rings. The number of rotatable bonds is 5. The largest absolute Gasteiger partial charge is 0.508 e. The van der Waals surface area contributed by atoms with Crippen LogP contribution in [0.2, 0.25) is 5.28 Å². The minimum Gasteiger partial charge on any atom is -0.508 e. The van der Waals surface area contributed by atoms with Crippen LogP contribution >= 0.6 is 11.6 Å². The van der Waals surface area contributed by atoms with Crippen molar-refractivity contribution in [3.05, 3.63) is 201 Å². The lowest BCUT2D eigenvalue weighted by atomic mass is 10.0. The zero-order valence-electron chi connectivity index (χ0n) is 38.9. The molecule has 0 amide bonds. The third kappa shape index (κ3) is 10.5. The Morgan fingerprint density at radius 2 is 0.836 bits per heavy atom. The molecule has 0 aliphatic carbocycles. The van der Waals surface area contributed by atoms with Gasteiger partial charge < -0.3 is 10.2 Å². The van der Waals surface area contributed by atoms with E-state index in [4.69, 9.17) is 31.7 Å². The van der Waals surface area contributed by atoms with Crippen molar-refractivity contribution in [3.63, 3.8) is 0 Å². The first kappa shape index (κ1) is 45.7. The van der Waals surface area contributed by atoms with E-state index in [0.29, 0.717) is 40.4 Å². The van der Waals surface area contributed by atoms with Crippen molar-refractivity contribution in [1.29, 1.82) is 0 Å². The predicted octanol–water partition coefficient (Wildman–Crippen LogP) is 14.6. The maximum absolute atomic E-state index is 10.9. The first-order valence-electron chi connectivity index (χ1n) is 22.1. The van der Waals surface area contributed by atoms with Gasteiger partial charge in [0.15, 0.2) is 29.1 Å². The monoisotopic (exact) mass is 898 g/mol. The molecule has 10 rings (SSSR count). The van der Waals surface area contributed by atoms with Gasteiger partial charge in [0.05, 0.1) is 5.56 Å². The van der Waals surface area contributed by atoms with Crippen LogP contribution in [0.3, 0.4) is 0 Å². The molecule has 0 aliphatic heterocycles. The first-order valence-corrected chi connectivity index (χ1v) is 22.5. The van der Waals surface area contributed by atoms with Crippen molar-refractivity contribution in [1.82, 2.24) is 29.9 Å². The summed E-state index contributed by atoms with van der Waals surface area (Å²) in [5.41, 5.74) is 13.8. The SMILES string of the molecule is Cc1ccc(-c2nc(-c3ccc(C)cc3C)nc(-c3c(O)ccc4ccccc34)n2)c(C)c1.Cc1ccc(-c2nc(Cl)nc(-c3ccc(C)c(C)c3)n2)c(C)c1.Oc1ccc2ccccc2c1. The Morgan fingerprint density at radius 1 is 0.358 bits per heavy atom. The third-order valence-corrected chi connectivity index (χ3v) is 11.9. The van der Waals surface area contributed by atoms with Crippen molar-refractivity contribution >= 4 is 33.1 Å². The molecule has 0 unspecified atom stereocenters. The average molecular weight is 900 g/mol. The summed E-state index contributed by atoms with van der Waals surface area (Å²) in [5.74, 6) is 3.34. The molecule has 10 aromatic rings. The molecule has 9 heteroatoms. The number of fused-ring (bicyclic) bond motifs is 2. The Morgan fingerprint density at radius 3 is 1.40 bits per heavy atom. The zero-order valence-corrected chi connectivity index (χ0v) is 39.6. The molecule has 2 heterocycles. The van der Waals surface area contributed by atoms with Gasteiger partial charge in [0.25, 0.3) is 0 Å². The molecule has 2 aromatic heterocycles. The quantitative estimate of drug-likeness (QED) is 0.175. The summed E-state index contributed by atoms with van der Waals surface area (Å²) in [5, 5.41) is 24.4. The third-order valence-electron chi connectivity index (χ3n) is 11.7. The van der Waals surface area contributed by atoms with Crippen molar-refractivity contribution < 1.29 is 10.2 Å². The number of nitrogens with zero attached hydrogens (tertiary/aromatic N) is 6. The maximum Gasteiger partial charge on any atom is 0.226 e. The second kappa shape index (κ2) is 19.7. The minimum absolute atomic E-state index is 0.151. The second-order valence-corrected chi connectivity index (χ2v) is 17.4. The number of aryl methyl sites for hydroxylation is 8. The zero-order chi connectivity index (χ0) is 47.4. The molecular weight excluding hydrogens is 848 g/mol. The lowest BCUT2D eigenvalue weighted by molar-refractivity contribution is 0.476. The smallest absolute Gasteiger partial charge is 0.226 e. The van der Waals surface area contributed by atoms with Crippen LogP contribution in [0.5, 0.6) is 11.5 Å². The topological polar surface area (TPSA) is 118 Å². The molecule has 8 aromatic carbocycles. The summed E-state index contributed by atoms with van der Waals surface area (Å²) in [6.45, 7) is 16.6. The van der Waals surface area contributed by atoms with E-state index in [-0.39, 0.29) is 11.0 Å². The number of phenols is 2. The summed E-state index contributed by atoms with van der Waals surface area (Å²) >= 11 is 6.14. The molecule has 0 fully saturated rings. The Balaban J connectivity index is 0.000000154. The number of phenolic OH excluding ortho intramolecular Hbond substituents is 2. The Hall–Kier alpha value is -7.81. The average Bonchev–Trinajstić information content (AvgIpc) is 3.30. The highest BCUT2D eigenvalue weighted by Crippen LogP contribution is 2.37. The highest BCUT2D eigenvalue weighted by Gasteiger charge is 2.19. The van der Waals surface area contributed by atoms with E-state index >= 15 is 0 Å². The first-order chi connectivity index (χ1) is 32.2. The van der Waals surface area contributed by atoms with E-state index in [1.165, 1.54) is 27.8 Å². The van der Waals surface area contributed by atoms with Crippen molar-refractivity contribution in [3.8, 4) is 68.4 Å². The summed E-state index contributed by atoms with van der Waals surface area (Å²) in [4.78, 5) is 27.8. The molecule has 2 N–H and O–H groups in total. The van der Waals surface area contributed by atoms with E-state index in [2.05, 4.69) is 131 Å². The van der Waals surface area contributed by atoms with Crippen LogP contribution in [-0.4, -0.2) is 40.1 Å². The normalized spacial score (nSPS) is 10.9. The number of hydrogen-bond acceptors (Lipinski definition) is 8. The lowest BCUT2D eigenvalue weighted by Gasteiger charge is -2.13. The molecule has 332 valence electrons.